The second-order valence-electron chi connectivity index (χ2n) is 6.39. The molecule has 0 aliphatic carbocycles. The van der Waals surface area contributed by atoms with Crippen LogP contribution in [0.3, 0.4) is 0 Å². The number of ether oxygens (including phenoxy) is 1. The zero-order valence-corrected chi connectivity index (χ0v) is 16.2. The number of phenolic OH excluding ortho intramolecular Hbond substituents is 1. The Bertz CT molecular complexity index is 1320. The largest absolute Gasteiger partial charge is 0.504 e. The van der Waals surface area contributed by atoms with Crippen LogP contribution in [-0.4, -0.2) is 36.9 Å². The normalized spacial score (nSPS) is 11.2. The molecule has 0 spiro atoms. The monoisotopic (exact) mass is 404 g/mol. The van der Waals surface area contributed by atoms with Crippen LogP contribution in [0.1, 0.15) is 5.01 Å². The van der Waals surface area contributed by atoms with E-state index in [9.17, 15) is 5.11 Å². The lowest BCUT2D eigenvalue weighted by Crippen LogP contribution is -2.01. The molecule has 0 aliphatic rings. The summed E-state index contributed by atoms with van der Waals surface area (Å²) in [6.45, 7) is 0.644. The highest BCUT2D eigenvalue weighted by Crippen LogP contribution is 2.34. The van der Waals surface area contributed by atoms with Crippen molar-refractivity contribution in [3.8, 4) is 11.5 Å². The second-order valence-corrected chi connectivity index (χ2v) is 7.37. The molecule has 5 aromatic rings. The molecule has 0 unspecified atom stereocenters. The van der Waals surface area contributed by atoms with E-state index in [1.165, 1.54) is 13.4 Å². The Kier molecular flexibility index (Phi) is 4.21. The molecular weight excluding hydrogens is 388 g/mol. The molecule has 144 valence electrons. The maximum atomic E-state index is 10.1. The first-order valence-corrected chi connectivity index (χ1v) is 9.72. The van der Waals surface area contributed by atoms with Gasteiger partial charge in [-0.3, -0.25) is 4.68 Å². The van der Waals surface area contributed by atoms with Crippen molar-refractivity contribution in [2.45, 2.75) is 6.54 Å². The Balaban J connectivity index is 1.48. The van der Waals surface area contributed by atoms with Crippen molar-refractivity contribution in [1.29, 1.82) is 0 Å². The molecule has 29 heavy (non-hydrogen) atoms. The number of nitrogens with one attached hydrogen (secondary N) is 1. The number of benzene rings is 2. The van der Waals surface area contributed by atoms with Crippen molar-refractivity contribution >= 4 is 44.6 Å². The first-order valence-electron chi connectivity index (χ1n) is 8.84. The van der Waals surface area contributed by atoms with E-state index < -0.39 is 0 Å². The van der Waals surface area contributed by atoms with Crippen LogP contribution in [0.25, 0.3) is 21.8 Å². The van der Waals surface area contributed by atoms with Crippen LogP contribution < -0.4 is 10.1 Å². The zero-order valence-electron chi connectivity index (χ0n) is 15.4. The number of hydrogen-bond acceptors (Lipinski definition) is 8. The number of aromatic hydroxyl groups is 1. The van der Waals surface area contributed by atoms with E-state index in [4.69, 9.17) is 4.74 Å². The quantitative estimate of drug-likeness (QED) is 0.458. The summed E-state index contributed by atoms with van der Waals surface area (Å²) in [5.74, 6) is 1.01. The van der Waals surface area contributed by atoms with Crippen molar-refractivity contribution in [2.24, 2.45) is 0 Å². The number of aromatic nitrogens is 5. The topological polar surface area (TPSA) is 98.0 Å². The van der Waals surface area contributed by atoms with Gasteiger partial charge >= 0.3 is 0 Å². The van der Waals surface area contributed by atoms with E-state index in [-0.39, 0.29) is 5.75 Å². The Morgan fingerprint density at radius 2 is 2.10 bits per heavy atom. The predicted molar refractivity (Wildman–Crippen MR) is 112 cm³/mol. The number of fused-ring (bicyclic) bond motifs is 2. The number of phenols is 1. The molecule has 0 aliphatic heterocycles. The Hall–Kier alpha value is -3.72. The predicted octanol–water partition coefficient (Wildman–Crippen LogP) is 3.94. The molecular formula is C20H16N6O2S. The summed E-state index contributed by atoms with van der Waals surface area (Å²) in [6.07, 6.45) is 5.11. The number of hydrogen-bond donors (Lipinski definition) is 2. The van der Waals surface area contributed by atoms with Crippen LogP contribution in [0.4, 0.5) is 11.5 Å². The number of rotatable bonds is 5. The van der Waals surface area contributed by atoms with Crippen molar-refractivity contribution in [2.75, 3.05) is 12.4 Å². The summed E-state index contributed by atoms with van der Waals surface area (Å²) in [5.41, 5.74) is 2.57. The van der Waals surface area contributed by atoms with Gasteiger partial charge in [-0.05, 0) is 24.3 Å². The first kappa shape index (κ1) is 17.4. The summed E-state index contributed by atoms with van der Waals surface area (Å²) in [7, 11) is 1.51. The van der Waals surface area contributed by atoms with Crippen LogP contribution >= 0.6 is 11.3 Å². The van der Waals surface area contributed by atoms with Crippen LogP contribution in [0.2, 0.25) is 0 Å². The lowest BCUT2D eigenvalue weighted by Gasteiger charge is -2.10. The van der Waals surface area contributed by atoms with Gasteiger partial charge in [0.05, 0.1) is 30.9 Å². The van der Waals surface area contributed by atoms with Crippen molar-refractivity contribution in [3.05, 3.63) is 59.4 Å². The average molecular weight is 404 g/mol. The fourth-order valence-electron chi connectivity index (χ4n) is 3.22. The van der Waals surface area contributed by atoms with Crippen LogP contribution in [0, 0.1) is 0 Å². The molecule has 0 atom stereocenters. The van der Waals surface area contributed by atoms with Crippen LogP contribution in [-0.2, 0) is 6.54 Å². The third-order valence-electron chi connectivity index (χ3n) is 4.61. The molecule has 2 N–H and O–H groups in total. The smallest absolute Gasteiger partial charge is 0.162 e. The Morgan fingerprint density at radius 1 is 1.17 bits per heavy atom. The highest BCUT2D eigenvalue weighted by atomic mass is 32.1. The minimum Gasteiger partial charge on any atom is -0.504 e. The van der Waals surface area contributed by atoms with E-state index in [0.29, 0.717) is 29.0 Å². The third kappa shape index (κ3) is 3.21. The molecule has 0 radical (unpaired) electrons. The van der Waals surface area contributed by atoms with E-state index in [1.54, 1.807) is 29.7 Å². The van der Waals surface area contributed by atoms with Crippen LogP contribution in [0.5, 0.6) is 11.5 Å². The lowest BCUT2D eigenvalue weighted by molar-refractivity contribution is 0.374. The highest BCUT2D eigenvalue weighted by molar-refractivity contribution is 7.09. The Labute approximate surface area is 169 Å². The van der Waals surface area contributed by atoms with Gasteiger partial charge in [-0.25, -0.2) is 15.0 Å². The molecule has 0 bridgehead atoms. The summed E-state index contributed by atoms with van der Waals surface area (Å²) < 4.78 is 7.09. The summed E-state index contributed by atoms with van der Waals surface area (Å²) in [6, 6.07) is 9.28. The number of thiazole rings is 1. The average Bonchev–Trinajstić information content (AvgIpc) is 3.38. The third-order valence-corrected chi connectivity index (χ3v) is 5.37. The molecule has 8 nitrogen and oxygen atoms in total. The van der Waals surface area contributed by atoms with E-state index in [1.807, 2.05) is 34.5 Å². The van der Waals surface area contributed by atoms with Crippen LogP contribution in [0.15, 0.2) is 54.4 Å². The Morgan fingerprint density at radius 3 is 2.93 bits per heavy atom. The van der Waals surface area contributed by atoms with Gasteiger partial charge < -0.3 is 15.2 Å². The minimum absolute atomic E-state index is 0.0387. The maximum absolute atomic E-state index is 10.1. The lowest BCUT2D eigenvalue weighted by atomic mass is 10.2. The molecule has 0 fully saturated rings. The molecule has 5 rings (SSSR count). The van der Waals surface area contributed by atoms with Gasteiger partial charge in [0.2, 0.25) is 0 Å². The first-order chi connectivity index (χ1) is 14.2. The fourth-order valence-corrected chi connectivity index (χ4v) is 3.82. The van der Waals surface area contributed by atoms with Gasteiger partial charge in [-0.2, -0.15) is 5.10 Å². The van der Waals surface area contributed by atoms with E-state index >= 15 is 0 Å². The zero-order chi connectivity index (χ0) is 19.8. The highest BCUT2D eigenvalue weighted by Gasteiger charge is 2.11. The van der Waals surface area contributed by atoms with Gasteiger partial charge in [0, 0.05) is 34.1 Å². The van der Waals surface area contributed by atoms with Crippen molar-refractivity contribution < 1.29 is 9.84 Å². The SMILES string of the molecule is COc1cc2ncnc(Nc3ccc4c(cnn4Cc4nccs4)c3)c2cc1O. The number of nitrogens with zero attached hydrogens (tertiary/aromatic N) is 5. The van der Waals surface area contributed by atoms with Gasteiger partial charge in [0.15, 0.2) is 11.5 Å². The van der Waals surface area contributed by atoms with Crippen molar-refractivity contribution in [3.63, 3.8) is 0 Å². The maximum Gasteiger partial charge on any atom is 0.162 e. The molecule has 0 amide bonds. The van der Waals surface area contributed by atoms with E-state index in [0.717, 1.165) is 21.6 Å². The molecule has 0 saturated carbocycles. The fraction of sp³-hybridized carbons (Fsp3) is 0.100. The van der Waals surface area contributed by atoms with E-state index in [2.05, 4.69) is 25.4 Å². The second kappa shape index (κ2) is 7.02. The van der Waals surface area contributed by atoms with Gasteiger partial charge in [-0.1, -0.05) is 0 Å². The summed E-state index contributed by atoms with van der Waals surface area (Å²) >= 11 is 1.61. The molecule has 2 aromatic carbocycles. The van der Waals surface area contributed by atoms with Gasteiger partial charge in [-0.15, -0.1) is 11.3 Å². The summed E-state index contributed by atoms with van der Waals surface area (Å²) in [4.78, 5) is 12.9. The molecule has 9 heteroatoms. The minimum atomic E-state index is 0.0387. The summed E-state index contributed by atoms with van der Waals surface area (Å²) in [5, 5.41) is 22.6. The molecule has 3 aromatic heterocycles. The molecule has 0 saturated heterocycles. The van der Waals surface area contributed by atoms with Crippen molar-refractivity contribution in [1.82, 2.24) is 24.7 Å². The van der Waals surface area contributed by atoms with Gasteiger partial charge in [0.1, 0.15) is 17.2 Å². The molecule has 3 heterocycles. The number of anilines is 2. The number of methoxy groups -OCH3 is 1. The van der Waals surface area contributed by atoms with Gasteiger partial charge in [0.25, 0.3) is 0 Å². The standard InChI is InChI=1S/C20H16N6O2S/c1-28-18-8-15-14(7-17(18)27)20(23-11-22-15)25-13-2-3-16-12(6-13)9-24-26(16)10-19-21-4-5-29-19/h2-9,11,27H,10H2,1H3,(H,22,23,25).